The molecule has 0 amide bonds. The maximum Gasteiger partial charge on any atom is 0.0471 e. The van der Waals surface area contributed by atoms with Gasteiger partial charge in [-0.3, -0.25) is 4.98 Å². The third kappa shape index (κ3) is 2.17. The molecule has 1 heterocycles. The molecule has 0 saturated heterocycles. The smallest absolute Gasteiger partial charge is 0.0471 e. The molecule has 0 radical (unpaired) electrons. The number of hydrogen-bond donors (Lipinski definition) is 1. The summed E-state index contributed by atoms with van der Waals surface area (Å²) in [7, 11) is 0. The molecule has 11 heavy (non-hydrogen) atoms. The molecule has 2 nitrogen and oxygen atoms in total. The molecule has 0 atom stereocenters. The molecule has 0 aliphatic heterocycles. The third-order valence-corrected chi connectivity index (χ3v) is 1.83. The molecule has 0 saturated carbocycles. The van der Waals surface area contributed by atoms with Crippen molar-refractivity contribution in [1.29, 1.82) is 0 Å². The van der Waals surface area contributed by atoms with E-state index < -0.39 is 0 Å². The minimum absolute atomic E-state index is 0.616. The number of aromatic nitrogens is 1. The van der Waals surface area contributed by atoms with Gasteiger partial charge in [0, 0.05) is 16.9 Å². The summed E-state index contributed by atoms with van der Waals surface area (Å²) in [6.07, 6.45) is 2.58. The second-order valence-electron chi connectivity index (χ2n) is 2.46. The van der Waals surface area contributed by atoms with E-state index in [2.05, 4.69) is 4.98 Å². The first-order chi connectivity index (χ1) is 5.24. The van der Waals surface area contributed by atoms with Gasteiger partial charge in [-0.25, -0.2) is 0 Å². The van der Waals surface area contributed by atoms with Gasteiger partial charge in [0.15, 0.2) is 0 Å². The molecular weight excluding hydrogens is 160 g/mol. The van der Waals surface area contributed by atoms with Gasteiger partial charge in [0.1, 0.15) is 0 Å². The normalized spacial score (nSPS) is 10.1. The number of hydrogen-bond acceptors (Lipinski definition) is 2. The molecule has 0 aliphatic rings. The lowest BCUT2D eigenvalue weighted by Crippen LogP contribution is -2.03. The summed E-state index contributed by atoms with van der Waals surface area (Å²) in [4.78, 5) is 4.12. The Morgan fingerprint density at radius 2 is 2.36 bits per heavy atom. The summed E-state index contributed by atoms with van der Waals surface area (Å²) >= 11 is 5.91. The van der Waals surface area contributed by atoms with Crippen LogP contribution in [0.3, 0.4) is 0 Å². The van der Waals surface area contributed by atoms with E-state index in [1.165, 1.54) is 0 Å². The maximum atomic E-state index is 5.91. The molecule has 0 aromatic carbocycles. The molecule has 2 N–H and O–H groups in total. The summed E-state index contributed by atoms with van der Waals surface area (Å²) in [5.41, 5.74) is 7.35. The van der Waals surface area contributed by atoms with Crippen LogP contribution in [-0.2, 0) is 6.42 Å². The van der Waals surface area contributed by atoms with E-state index in [0.717, 1.165) is 22.7 Å². The Morgan fingerprint density at radius 1 is 1.64 bits per heavy atom. The summed E-state index contributed by atoms with van der Waals surface area (Å²) in [5.74, 6) is 0. The Morgan fingerprint density at radius 3 is 2.91 bits per heavy atom. The van der Waals surface area contributed by atoms with Crippen LogP contribution in [0, 0.1) is 6.92 Å². The van der Waals surface area contributed by atoms with Crippen LogP contribution in [0.2, 0.25) is 5.02 Å². The number of aryl methyl sites for hydroxylation is 1. The minimum Gasteiger partial charge on any atom is -0.330 e. The molecule has 0 spiro atoms. The zero-order valence-electron chi connectivity index (χ0n) is 6.47. The predicted molar refractivity (Wildman–Crippen MR) is 46.7 cm³/mol. The zero-order valence-corrected chi connectivity index (χ0v) is 7.23. The van der Waals surface area contributed by atoms with Crippen LogP contribution in [0.5, 0.6) is 0 Å². The van der Waals surface area contributed by atoms with E-state index in [1.54, 1.807) is 6.20 Å². The van der Waals surface area contributed by atoms with Gasteiger partial charge in [0.2, 0.25) is 0 Å². The first kappa shape index (κ1) is 8.50. The van der Waals surface area contributed by atoms with E-state index in [-0.39, 0.29) is 0 Å². The number of rotatable bonds is 2. The molecule has 0 aliphatic carbocycles. The monoisotopic (exact) mass is 170 g/mol. The van der Waals surface area contributed by atoms with Crippen molar-refractivity contribution in [3.63, 3.8) is 0 Å². The predicted octanol–water partition coefficient (Wildman–Crippen LogP) is 1.54. The van der Waals surface area contributed by atoms with Gasteiger partial charge in [0.25, 0.3) is 0 Å². The summed E-state index contributed by atoms with van der Waals surface area (Å²) in [5, 5.41) is 0.767. The number of nitrogens with two attached hydrogens (primary N) is 1. The highest BCUT2D eigenvalue weighted by molar-refractivity contribution is 6.31. The van der Waals surface area contributed by atoms with Gasteiger partial charge < -0.3 is 5.73 Å². The lowest BCUT2D eigenvalue weighted by atomic mass is 10.2. The lowest BCUT2D eigenvalue weighted by Gasteiger charge is -2.01. The van der Waals surface area contributed by atoms with Gasteiger partial charge in [-0.1, -0.05) is 11.6 Å². The first-order valence-corrected chi connectivity index (χ1v) is 3.93. The van der Waals surface area contributed by atoms with Gasteiger partial charge in [-0.15, -0.1) is 0 Å². The number of pyridine rings is 1. The van der Waals surface area contributed by atoms with Gasteiger partial charge >= 0.3 is 0 Å². The fourth-order valence-electron chi connectivity index (χ4n) is 0.894. The second-order valence-corrected chi connectivity index (χ2v) is 2.86. The van der Waals surface area contributed by atoms with Crippen LogP contribution in [-0.4, -0.2) is 11.5 Å². The van der Waals surface area contributed by atoms with Crippen LogP contribution < -0.4 is 5.73 Å². The standard InChI is InChI=1S/C8H11ClN2/c1-6-4-8(9)7(2-3-10)5-11-6/h4-5H,2-3,10H2,1H3. The van der Waals surface area contributed by atoms with Gasteiger partial charge in [-0.2, -0.15) is 0 Å². The van der Waals surface area contributed by atoms with Crippen LogP contribution in [0.25, 0.3) is 0 Å². The lowest BCUT2D eigenvalue weighted by molar-refractivity contribution is 0.954. The molecule has 0 bridgehead atoms. The van der Waals surface area contributed by atoms with Crippen LogP contribution >= 0.6 is 11.6 Å². The zero-order chi connectivity index (χ0) is 8.27. The van der Waals surface area contributed by atoms with E-state index in [9.17, 15) is 0 Å². The molecule has 0 fully saturated rings. The SMILES string of the molecule is Cc1cc(Cl)c(CCN)cn1. The second kappa shape index (κ2) is 3.69. The van der Waals surface area contributed by atoms with E-state index in [1.807, 2.05) is 13.0 Å². The Hall–Kier alpha value is -0.600. The van der Waals surface area contributed by atoms with E-state index in [4.69, 9.17) is 17.3 Å². The molecule has 0 unspecified atom stereocenters. The van der Waals surface area contributed by atoms with Crippen LogP contribution in [0.4, 0.5) is 0 Å². The highest BCUT2D eigenvalue weighted by Crippen LogP contribution is 2.15. The van der Waals surface area contributed by atoms with Crippen LogP contribution in [0.15, 0.2) is 12.3 Å². The fourth-order valence-corrected chi connectivity index (χ4v) is 1.20. The maximum absolute atomic E-state index is 5.91. The van der Waals surface area contributed by atoms with Crippen molar-refractivity contribution in [2.75, 3.05) is 6.54 Å². The topological polar surface area (TPSA) is 38.9 Å². The van der Waals surface area contributed by atoms with Gasteiger partial charge in [-0.05, 0) is 31.5 Å². The third-order valence-electron chi connectivity index (χ3n) is 1.48. The summed E-state index contributed by atoms with van der Waals surface area (Å²) in [6, 6.07) is 1.85. The number of halogens is 1. The quantitative estimate of drug-likeness (QED) is 0.732. The Balaban J connectivity index is 2.90. The molecular formula is C8H11ClN2. The minimum atomic E-state index is 0.616. The van der Waals surface area contributed by atoms with Gasteiger partial charge in [0.05, 0.1) is 0 Å². The highest BCUT2D eigenvalue weighted by Gasteiger charge is 1.98. The Bertz CT molecular complexity index is 248. The van der Waals surface area contributed by atoms with Crippen molar-refractivity contribution in [3.05, 3.63) is 28.5 Å². The van der Waals surface area contributed by atoms with Crippen molar-refractivity contribution in [3.8, 4) is 0 Å². The Labute approximate surface area is 71.4 Å². The van der Waals surface area contributed by atoms with Crippen LogP contribution in [0.1, 0.15) is 11.3 Å². The van der Waals surface area contributed by atoms with Crippen molar-refractivity contribution in [2.45, 2.75) is 13.3 Å². The highest BCUT2D eigenvalue weighted by atomic mass is 35.5. The van der Waals surface area contributed by atoms with E-state index in [0.29, 0.717) is 6.54 Å². The average molecular weight is 171 g/mol. The number of nitrogens with zero attached hydrogens (tertiary/aromatic N) is 1. The summed E-state index contributed by atoms with van der Waals surface area (Å²) in [6.45, 7) is 2.53. The van der Waals surface area contributed by atoms with E-state index >= 15 is 0 Å². The first-order valence-electron chi connectivity index (χ1n) is 3.55. The van der Waals surface area contributed by atoms with Crippen molar-refractivity contribution in [1.82, 2.24) is 4.98 Å². The Kier molecular flexibility index (Phi) is 2.85. The van der Waals surface area contributed by atoms with Crippen molar-refractivity contribution < 1.29 is 0 Å². The van der Waals surface area contributed by atoms with Crippen molar-refractivity contribution >= 4 is 11.6 Å². The molecule has 1 aromatic rings. The average Bonchev–Trinajstić information content (AvgIpc) is 1.95. The largest absolute Gasteiger partial charge is 0.330 e. The summed E-state index contributed by atoms with van der Waals surface area (Å²) < 4.78 is 0. The molecule has 1 aromatic heterocycles. The fraction of sp³-hybridized carbons (Fsp3) is 0.375. The molecule has 1 rings (SSSR count). The van der Waals surface area contributed by atoms with Crippen molar-refractivity contribution in [2.24, 2.45) is 5.73 Å². The molecule has 60 valence electrons. The molecule has 3 heteroatoms.